The Kier molecular flexibility index (Phi) is 7.04. The van der Waals surface area contributed by atoms with Crippen LogP contribution >= 0.6 is 11.6 Å². The molecule has 0 saturated carbocycles. The van der Waals surface area contributed by atoms with E-state index >= 15 is 0 Å². The van der Waals surface area contributed by atoms with E-state index < -0.39 is 5.97 Å². The number of carbonyl (C=O) groups excluding carboxylic acids is 1. The highest BCUT2D eigenvalue weighted by Gasteiger charge is 2.17. The molecule has 1 atom stereocenters. The van der Waals surface area contributed by atoms with E-state index in [1.54, 1.807) is 26.2 Å². The molecule has 0 heterocycles. The van der Waals surface area contributed by atoms with Crippen LogP contribution in [-0.2, 0) is 14.3 Å². The fourth-order valence-electron chi connectivity index (χ4n) is 1.77. The number of esters is 1. The van der Waals surface area contributed by atoms with E-state index in [-0.39, 0.29) is 24.8 Å². The molecule has 5 nitrogen and oxygen atoms in total. The Morgan fingerprint density at radius 3 is 2.55 bits per heavy atom. The van der Waals surface area contributed by atoms with E-state index in [9.17, 15) is 4.79 Å². The van der Waals surface area contributed by atoms with E-state index in [0.29, 0.717) is 11.4 Å². The van der Waals surface area contributed by atoms with Crippen LogP contribution in [0.3, 0.4) is 0 Å². The first kappa shape index (κ1) is 16.5. The van der Waals surface area contributed by atoms with Gasteiger partial charge in [0.15, 0.2) is 5.71 Å². The second kappa shape index (κ2) is 8.55. The van der Waals surface area contributed by atoms with Crippen molar-refractivity contribution in [1.29, 1.82) is 0 Å². The molecule has 110 valence electrons. The van der Waals surface area contributed by atoms with Gasteiger partial charge in [-0.25, -0.2) is 4.79 Å². The Labute approximate surface area is 123 Å². The van der Waals surface area contributed by atoms with Crippen LogP contribution in [-0.4, -0.2) is 30.6 Å². The average molecular weight is 300 g/mol. The van der Waals surface area contributed by atoms with Crippen molar-refractivity contribution in [3.63, 3.8) is 0 Å². The predicted octanol–water partition coefficient (Wildman–Crippen LogP) is 3.20. The fourth-order valence-corrected chi connectivity index (χ4v) is 1.90. The van der Waals surface area contributed by atoms with Crippen LogP contribution in [0.15, 0.2) is 29.4 Å². The number of methoxy groups -OCH3 is 1. The lowest BCUT2D eigenvalue weighted by atomic mass is 10.0. The molecule has 1 aromatic carbocycles. The lowest BCUT2D eigenvalue weighted by Crippen LogP contribution is -2.18. The number of halogens is 1. The zero-order valence-electron chi connectivity index (χ0n) is 11.5. The summed E-state index contributed by atoms with van der Waals surface area (Å²) in [6.07, 6.45) is 0.547. The minimum absolute atomic E-state index is 0.0112. The van der Waals surface area contributed by atoms with Crippen LogP contribution in [0.25, 0.3) is 0 Å². The molecule has 6 heteroatoms. The van der Waals surface area contributed by atoms with E-state index in [1.807, 2.05) is 12.1 Å². The summed E-state index contributed by atoms with van der Waals surface area (Å²) in [5.41, 5.74) is 0.931. The van der Waals surface area contributed by atoms with Gasteiger partial charge in [0.25, 0.3) is 0 Å². The van der Waals surface area contributed by atoms with Crippen LogP contribution in [0.5, 0.6) is 0 Å². The third-order valence-electron chi connectivity index (χ3n) is 2.80. The number of oxime groups is 1. The zero-order valence-corrected chi connectivity index (χ0v) is 12.3. The van der Waals surface area contributed by atoms with Crippen LogP contribution < -0.4 is 0 Å². The van der Waals surface area contributed by atoms with Crippen molar-refractivity contribution in [3.8, 4) is 0 Å². The molecule has 20 heavy (non-hydrogen) atoms. The number of nitrogens with zero attached hydrogens (tertiary/aromatic N) is 1. The van der Waals surface area contributed by atoms with Gasteiger partial charge in [0.1, 0.15) is 0 Å². The first-order valence-electron chi connectivity index (χ1n) is 6.28. The standard InChI is InChI=1S/C14H18ClNO4/c1-3-20-14(17)12(16-18)8-9-13(19-2)10-4-6-11(15)7-5-10/h4-7,13,18H,3,8-9H2,1-2H3. The highest BCUT2D eigenvalue weighted by atomic mass is 35.5. The Morgan fingerprint density at radius 2 is 2.05 bits per heavy atom. The topological polar surface area (TPSA) is 68.1 Å². The first-order chi connectivity index (χ1) is 9.62. The molecule has 0 spiro atoms. The van der Waals surface area contributed by atoms with Crippen molar-refractivity contribution in [3.05, 3.63) is 34.9 Å². The van der Waals surface area contributed by atoms with Crippen LogP contribution in [0.4, 0.5) is 0 Å². The van der Waals surface area contributed by atoms with E-state index in [0.717, 1.165) is 5.56 Å². The molecule has 0 aliphatic rings. The van der Waals surface area contributed by atoms with Gasteiger partial charge in [-0.05, 0) is 31.0 Å². The number of hydrogen-bond donors (Lipinski definition) is 1. The van der Waals surface area contributed by atoms with E-state index in [1.165, 1.54) is 0 Å². The van der Waals surface area contributed by atoms with Gasteiger partial charge in [0.05, 0.1) is 12.7 Å². The summed E-state index contributed by atoms with van der Waals surface area (Å²) in [5.74, 6) is -0.610. The van der Waals surface area contributed by atoms with Gasteiger partial charge in [-0.1, -0.05) is 28.9 Å². The molecule has 1 unspecified atom stereocenters. The lowest BCUT2D eigenvalue weighted by molar-refractivity contribution is -0.135. The number of carbonyl (C=O) groups is 1. The SMILES string of the molecule is CCOC(=O)C(CCC(OC)c1ccc(Cl)cc1)=NO. The van der Waals surface area contributed by atoms with Crippen molar-refractivity contribution in [1.82, 2.24) is 0 Å². The molecule has 1 N–H and O–H groups in total. The summed E-state index contributed by atoms with van der Waals surface area (Å²) in [5, 5.41) is 12.5. The Hall–Kier alpha value is -1.59. The maximum Gasteiger partial charge on any atom is 0.356 e. The largest absolute Gasteiger partial charge is 0.461 e. The van der Waals surface area contributed by atoms with Crippen LogP contribution in [0.2, 0.25) is 5.02 Å². The molecule has 0 aromatic heterocycles. The van der Waals surface area contributed by atoms with Gasteiger partial charge in [-0.3, -0.25) is 0 Å². The van der Waals surface area contributed by atoms with Gasteiger partial charge < -0.3 is 14.7 Å². The van der Waals surface area contributed by atoms with Gasteiger partial charge in [0, 0.05) is 18.6 Å². The fraction of sp³-hybridized carbons (Fsp3) is 0.429. The van der Waals surface area contributed by atoms with E-state index in [2.05, 4.69) is 5.16 Å². The molecular weight excluding hydrogens is 282 g/mol. The molecule has 1 aromatic rings. The average Bonchev–Trinajstić information content (AvgIpc) is 2.45. The Balaban J connectivity index is 2.65. The number of ether oxygens (including phenoxy) is 2. The molecule has 1 rings (SSSR count). The van der Waals surface area contributed by atoms with Gasteiger partial charge in [-0.2, -0.15) is 0 Å². The number of benzene rings is 1. The van der Waals surface area contributed by atoms with Crippen molar-refractivity contribution in [2.45, 2.75) is 25.9 Å². The maximum atomic E-state index is 11.5. The highest BCUT2D eigenvalue weighted by molar-refractivity contribution is 6.36. The van der Waals surface area contributed by atoms with Gasteiger partial charge in [0.2, 0.25) is 0 Å². The van der Waals surface area contributed by atoms with Crippen LogP contribution in [0, 0.1) is 0 Å². The maximum absolute atomic E-state index is 11.5. The predicted molar refractivity (Wildman–Crippen MR) is 76.3 cm³/mol. The monoisotopic (exact) mass is 299 g/mol. The smallest absolute Gasteiger partial charge is 0.356 e. The summed E-state index contributed by atoms with van der Waals surface area (Å²) in [4.78, 5) is 11.5. The molecule has 0 aliphatic carbocycles. The van der Waals surface area contributed by atoms with Gasteiger partial charge in [-0.15, -0.1) is 0 Å². The second-order valence-corrected chi connectivity index (χ2v) is 4.52. The molecule has 0 bridgehead atoms. The zero-order chi connectivity index (χ0) is 15.0. The van der Waals surface area contributed by atoms with Crippen molar-refractivity contribution < 1.29 is 19.5 Å². The van der Waals surface area contributed by atoms with E-state index in [4.69, 9.17) is 26.3 Å². The summed E-state index contributed by atoms with van der Waals surface area (Å²) in [6, 6.07) is 7.26. The van der Waals surface area contributed by atoms with Crippen molar-refractivity contribution in [2.24, 2.45) is 5.16 Å². The lowest BCUT2D eigenvalue weighted by Gasteiger charge is -2.15. The summed E-state index contributed by atoms with van der Waals surface area (Å²) < 4.78 is 10.2. The first-order valence-corrected chi connectivity index (χ1v) is 6.66. The minimum Gasteiger partial charge on any atom is -0.461 e. The molecule has 0 saturated heterocycles. The van der Waals surface area contributed by atoms with Crippen molar-refractivity contribution >= 4 is 23.3 Å². The molecule has 0 aliphatic heterocycles. The quantitative estimate of drug-likeness (QED) is 0.363. The Morgan fingerprint density at radius 1 is 1.40 bits per heavy atom. The Bertz CT molecular complexity index is 459. The van der Waals surface area contributed by atoms with Crippen molar-refractivity contribution in [2.75, 3.05) is 13.7 Å². The molecular formula is C14H18ClNO4. The summed E-state index contributed by atoms with van der Waals surface area (Å²) in [6.45, 7) is 1.93. The molecule has 0 radical (unpaired) electrons. The third kappa shape index (κ3) is 4.83. The van der Waals surface area contributed by atoms with Gasteiger partial charge >= 0.3 is 5.97 Å². The number of rotatable bonds is 7. The molecule has 0 fully saturated rings. The minimum atomic E-state index is -0.610. The normalized spacial score (nSPS) is 13.1. The van der Waals surface area contributed by atoms with Crippen LogP contribution in [0.1, 0.15) is 31.4 Å². The summed E-state index contributed by atoms with van der Waals surface area (Å²) >= 11 is 5.83. The highest BCUT2D eigenvalue weighted by Crippen LogP contribution is 2.23. The summed E-state index contributed by atoms with van der Waals surface area (Å²) in [7, 11) is 1.58. The molecule has 0 amide bonds. The third-order valence-corrected chi connectivity index (χ3v) is 3.05. The number of hydrogen-bond acceptors (Lipinski definition) is 5. The second-order valence-electron chi connectivity index (χ2n) is 4.08.